The topological polar surface area (TPSA) is 64.1 Å². The third-order valence-corrected chi connectivity index (χ3v) is 4.62. The molecule has 0 aromatic heterocycles. The van der Waals surface area contributed by atoms with Crippen molar-refractivity contribution in [3.05, 3.63) is 65.0 Å². The van der Waals surface area contributed by atoms with Gasteiger partial charge in [0.1, 0.15) is 11.6 Å². The third kappa shape index (κ3) is 9.40. The Hall–Kier alpha value is -1.91. The Labute approximate surface area is 201 Å². The maximum atomic E-state index is 13.2. The third-order valence-electron chi connectivity index (χ3n) is 4.62. The molecule has 0 amide bonds. The van der Waals surface area contributed by atoms with Gasteiger partial charge in [-0.15, -0.1) is 24.0 Å². The molecule has 172 valence electrons. The van der Waals surface area contributed by atoms with Gasteiger partial charge in [-0.05, 0) is 36.2 Å². The summed E-state index contributed by atoms with van der Waals surface area (Å²) in [6.45, 7) is 4.37. The van der Waals surface area contributed by atoms with E-state index in [0.29, 0.717) is 32.3 Å². The number of nitrogens with one attached hydrogen (secondary N) is 2. The highest BCUT2D eigenvalue weighted by Gasteiger charge is 2.12. The number of guanidine groups is 1. The van der Waals surface area contributed by atoms with Crippen LogP contribution in [0.5, 0.6) is 5.75 Å². The first-order chi connectivity index (χ1) is 14.6. The van der Waals surface area contributed by atoms with E-state index in [1.807, 2.05) is 13.0 Å². The van der Waals surface area contributed by atoms with Crippen LogP contribution in [0.25, 0.3) is 0 Å². The zero-order chi connectivity index (χ0) is 21.8. The molecule has 0 saturated carbocycles. The average Bonchev–Trinajstić information content (AvgIpc) is 2.76. The van der Waals surface area contributed by atoms with Crippen LogP contribution in [0.15, 0.2) is 47.5 Å². The van der Waals surface area contributed by atoms with Gasteiger partial charge in [0.25, 0.3) is 0 Å². The summed E-state index contributed by atoms with van der Waals surface area (Å²) in [5, 5.41) is 6.56. The molecule has 0 aliphatic carbocycles. The molecule has 0 heterocycles. The van der Waals surface area contributed by atoms with E-state index in [9.17, 15) is 4.39 Å². The predicted molar refractivity (Wildman–Crippen MR) is 133 cm³/mol. The van der Waals surface area contributed by atoms with Crippen molar-refractivity contribution in [2.24, 2.45) is 4.99 Å². The van der Waals surface area contributed by atoms with Gasteiger partial charge in [-0.2, -0.15) is 0 Å². The van der Waals surface area contributed by atoms with Crippen LogP contribution < -0.4 is 15.4 Å². The SMILES string of the molecule is CN=C(NCc1ccc(C)cc1OCCCOC)NCC(OC)c1ccc(F)cc1.I. The predicted octanol–water partition coefficient (Wildman–Crippen LogP) is 4.22. The highest BCUT2D eigenvalue weighted by Crippen LogP contribution is 2.21. The Kier molecular flexibility index (Phi) is 13.1. The molecule has 0 aliphatic heterocycles. The van der Waals surface area contributed by atoms with Gasteiger partial charge in [-0.25, -0.2) is 4.39 Å². The van der Waals surface area contributed by atoms with Gasteiger partial charge in [0.15, 0.2) is 5.96 Å². The van der Waals surface area contributed by atoms with E-state index in [1.165, 1.54) is 12.1 Å². The molecule has 2 aromatic rings. The number of rotatable bonds is 11. The van der Waals surface area contributed by atoms with Crippen molar-refractivity contribution in [3.8, 4) is 5.75 Å². The number of nitrogens with zero attached hydrogens (tertiary/aromatic N) is 1. The Morgan fingerprint density at radius 2 is 1.81 bits per heavy atom. The summed E-state index contributed by atoms with van der Waals surface area (Å²) in [6, 6.07) is 12.5. The summed E-state index contributed by atoms with van der Waals surface area (Å²) in [5.41, 5.74) is 3.08. The van der Waals surface area contributed by atoms with Gasteiger partial charge in [-0.3, -0.25) is 4.99 Å². The first-order valence-corrected chi connectivity index (χ1v) is 10.0. The Bertz CT molecular complexity index is 803. The molecule has 0 spiro atoms. The minimum Gasteiger partial charge on any atom is -0.493 e. The van der Waals surface area contributed by atoms with Crippen LogP contribution >= 0.6 is 24.0 Å². The van der Waals surface area contributed by atoms with Crippen LogP contribution in [0.4, 0.5) is 4.39 Å². The van der Waals surface area contributed by atoms with Crippen LogP contribution in [-0.4, -0.2) is 47.0 Å². The summed E-state index contributed by atoms with van der Waals surface area (Å²) in [7, 11) is 5.03. The maximum Gasteiger partial charge on any atom is 0.191 e. The van der Waals surface area contributed by atoms with Gasteiger partial charge in [-0.1, -0.05) is 24.3 Å². The highest BCUT2D eigenvalue weighted by atomic mass is 127. The molecule has 0 bridgehead atoms. The quantitative estimate of drug-likeness (QED) is 0.192. The first-order valence-electron chi connectivity index (χ1n) is 10.0. The van der Waals surface area contributed by atoms with E-state index < -0.39 is 0 Å². The van der Waals surface area contributed by atoms with Gasteiger partial charge in [0, 0.05) is 52.9 Å². The number of benzene rings is 2. The van der Waals surface area contributed by atoms with Crippen LogP contribution in [0.1, 0.15) is 29.2 Å². The minimum atomic E-state index is -0.266. The molecule has 31 heavy (non-hydrogen) atoms. The lowest BCUT2D eigenvalue weighted by Crippen LogP contribution is -2.39. The van der Waals surface area contributed by atoms with E-state index in [2.05, 4.69) is 27.8 Å². The lowest BCUT2D eigenvalue weighted by atomic mass is 10.1. The van der Waals surface area contributed by atoms with E-state index >= 15 is 0 Å². The average molecular weight is 545 g/mol. The fourth-order valence-corrected chi connectivity index (χ4v) is 2.93. The number of aliphatic imine (C=N–C) groups is 1. The number of hydrogen-bond acceptors (Lipinski definition) is 4. The van der Waals surface area contributed by atoms with Crippen molar-refractivity contribution in [2.45, 2.75) is 26.0 Å². The van der Waals surface area contributed by atoms with Crippen molar-refractivity contribution in [1.29, 1.82) is 0 Å². The Morgan fingerprint density at radius 1 is 1.06 bits per heavy atom. The van der Waals surface area contributed by atoms with E-state index in [1.54, 1.807) is 33.4 Å². The molecular formula is C23H33FIN3O3. The van der Waals surface area contributed by atoms with Gasteiger partial charge >= 0.3 is 0 Å². The zero-order valence-corrected chi connectivity index (χ0v) is 20.9. The number of methoxy groups -OCH3 is 2. The fourth-order valence-electron chi connectivity index (χ4n) is 2.93. The molecule has 0 aliphatic rings. The zero-order valence-electron chi connectivity index (χ0n) is 18.6. The van der Waals surface area contributed by atoms with Crippen molar-refractivity contribution in [3.63, 3.8) is 0 Å². The first kappa shape index (κ1) is 27.1. The normalized spacial score (nSPS) is 12.1. The van der Waals surface area contributed by atoms with E-state index in [4.69, 9.17) is 14.2 Å². The van der Waals surface area contributed by atoms with Crippen LogP contribution in [0, 0.1) is 12.7 Å². The molecule has 6 nitrogen and oxygen atoms in total. The number of halogens is 2. The van der Waals surface area contributed by atoms with E-state index in [0.717, 1.165) is 28.9 Å². The summed E-state index contributed by atoms with van der Waals surface area (Å²) in [6.07, 6.45) is 0.616. The van der Waals surface area contributed by atoms with Gasteiger partial charge in [0.05, 0.1) is 12.7 Å². The molecule has 2 rings (SSSR count). The molecule has 2 aromatic carbocycles. The molecule has 8 heteroatoms. The molecule has 0 saturated heterocycles. The monoisotopic (exact) mass is 545 g/mol. The largest absolute Gasteiger partial charge is 0.493 e. The molecule has 1 unspecified atom stereocenters. The lowest BCUT2D eigenvalue weighted by molar-refractivity contribution is 0.106. The molecule has 0 radical (unpaired) electrons. The molecular weight excluding hydrogens is 512 g/mol. The smallest absolute Gasteiger partial charge is 0.191 e. The van der Waals surface area contributed by atoms with Crippen molar-refractivity contribution in [1.82, 2.24) is 10.6 Å². The van der Waals surface area contributed by atoms with Gasteiger partial charge in [0.2, 0.25) is 0 Å². The second-order valence-corrected chi connectivity index (χ2v) is 6.89. The summed E-state index contributed by atoms with van der Waals surface area (Å²) >= 11 is 0. The molecule has 2 N–H and O–H groups in total. The van der Waals surface area contributed by atoms with Crippen molar-refractivity contribution in [2.75, 3.05) is 41.0 Å². The Balaban J connectivity index is 0.00000480. The Morgan fingerprint density at radius 3 is 2.45 bits per heavy atom. The maximum absolute atomic E-state index is 13.2. The summed E-state index contributed by atoms with van der Waals surface area (Å²) in [5.74, 6) is 1.23. The number of ether oxygens (including phenoxy) is 3. The second-order valence-electron chi connectivity index (χ2n) is 6.89. The number of aryl methyl sites for hydroxylation is 1. The van der Waals surface area contributed by atoms with E-state index in [-0.39, 0.29) is 35.9 Å². The highest BCUT2D eigenvalue weighted by molar-refractivity contribution is 14.0. The van der Waals surface area contributed by atoms with Gasteiger partial charge < -0.3 is 24.8 Å². The lowest BCUT2D eigenvalue weighted by Gasteiger charge is -2.19. The second kappa shape index (κ2) is 15.0. The standard InChI is InChI=1S/C23H32FN3O3.HI/c1-17-6-7-19(21(14-17)30-13-5-12-28-3)15-26-23(25-2)27-16-22(29-4)18-8-10-20(24)11-9-18;/h6-11,14,22H,5,12-13,15-16H2,1-4H3,(H2,25,26,27);1H. The summed E-state index contributed by atoms with van der Waals surface area (Å²) in [4.78, 5) is 4.27. The molecule has 1 atom stereocenters. The van der Waals surface area contributed by atoms with Crippen molar-refractivity contribution >= 4 is 29.9 Å². The van der Waals surface area contributed by atoms with Crippen LogP contribution in [0.3, 0.4) is 0 Å². The fraction of sp³-hybridized carbons (Fsp3) is 0.435. The van der Waals surface area contributed by atoms with Crippen molar-refractivity contribution < 1.29 is 18.6 Å². The van der Waals surface area contributed by atoms with Crippen LogP contribution in [-0.2, 0) is 16.0 Å². The van der Waals surface area contributed by atoms with Crippen LogP contribution in [0.2, 0.25) is 0 Å². The summed E-state index contributed by atoms with van der Waals surface area (Å²) < 4.78 is 29.7. The minimum absolute atomic E-state index is 0. The number of hydrogen-bond donors (Lipinski definition) is 2. The molecule has 0 fully saturated rings.